The predicted octanol–water partition coefficient (Wildman–Crippen LogP) is 5.20. The minimum absolute atomic E-state index is 0.0596. The number of para-hydroxylation sites is 4. The average molecular weight is 377 g/mol. The van der Waals surface area contributed by atoms with Gasteiger partial charge in [0, 0.05) is 21.2 Å². The summed E-state index contributed by atoms with van der Waals surface area (Å²) in [5.74, 6) is 1.86. The maximum atomic E-state index is 6.24. The first-order chi connectivity index (χ1) is 13.9. The van der Waals surface area contributed by atoms with Crippen LogP contribution < -0.4 is 20.5 Å². The molecule has 0 aromatic heterocycles. The van der Waals surface area contributed by atoms with E-state index in [2.05, 4.69) is 89.7 Å². The van der Waals surface area contributed by atoms with E-state index < -0.39 is 0 Å². The Morgan fingerprint density at radius 3 is 1.61 bits per heavy atom. The fraction of sp³-hybridized carbons (Fsp3) is 0. The van der Waals surface area contributed by atoms with Crippen molar-refractivity contribution in [3.8, 4) is 11.5 Å². The molecule has 0 radical (unpaired) electrons. The monoisotopic (exact) mass is 377 g/mol. The first kappa shape index (κ1) is 15.9. The van der Waals surface area contributed by atoms with E-state index in [1.807, 2.05) is 23.9 Å². The van der Waals surface area contributed by atoms with Gasteiger partial charge in [-0.25, -0.2) is 0 Å². The van der Waals surface area contributed by atoms with Gasteiger partial charge in [0.25, 0.3) is 0 Å². The van der Waals surface area contributed by atoms with Crippen molar-refractivity contribution in [3.63, 3.8) is 0 Å². The lowest BCUT2D eigenvalue weighted by Crippen LogP contribution is -2.57. The fourth-order valence-electron chi connectivity index (χ4n) is 4.17. The van der Waals surface area contributed by atoms with E-state index >= 15 is 0 Å². The maximum absolute atomic E-state index is 6.24. The Morgan fingerprint density at radius 1 is 0.571 bits per heavy atom. The van der Waals surface area contributed by atoms with Crippen molar-refractivity contribution in [1.29, 1.82) is 0 Å². The van der Waals surface area contributed by atoms with Gasteiger partial charge in [-0.1, -0.05) is 72.4 Å². The second-order valence-electron chi connectivity index (χ2n) is 6.99. The Balaban J connectivity index is 1.66. The van der Waals surface area contributed by atoms with Crippen LogP contribution in [0.25, 0.3) is 0 Å². The second-order valence-corrected chi connectivity index (χ2v) is 8.07. The van der Waals surface area contributed by atoms with Crippen molar-refractivity contribution >= 4 is 40.9 Å². The molecular weight excluding hydrogens is 361 g/mol. The van der Waals surface area contributed by atoms with E-state index in [1.54, 1.807) is 0 Å². The Morgan fingerprint density at radius 2 is 1.04 bits per heavy atom. The van der Waals surface area contributed by atoms with Crippen LogP contribution in [0.3, 0.4) is 0 Å². The smallest absolute Gasteiger partial charge is 0.335 e. The lowest BCUT2D eigenvalue weighted by molar-refractivity contribution is 0.487. The molecule has 2 aliphatic heterocycles. The highest BCUT2D eigenvalue weighted by Gasteiger charge is 2.40. The zero-order chi connectivity index (χ0) is 18.5. The molecule has 2 aliphatic rings. The lowest BCUT2D eigenvalue weighted by atomic mass is 9.47. The molecule has 0 saturated heterocycles. The summed E-state index contributed by atoms with van der Waals surface area (Å²) in [5.41, 5.74) is 4.86. The Hall–Kier alpha value is -3.11. The molecule has 0 atom stereocenters. The van der Waals surface area contributed by atoms with Crippen LogP contribution in [-0.4, -0.2) is 6.85 Å². The van der Waals surface area contributed by atoms with Gasteiger partial charge < -0.3 is 9.55 Å². The van der Waals surface area contributed by atoms with Crippen LogP contribution >= 0.6 is 11.8 Å². The number of nitrogens with zero attached hydrogens (tertiary/aromatic N) is 1. The van der Waals surface area contributed by atoms with E-state index in [1.165, 1.54) is 32.1 Å². The molecule has 6 rings (SSSR count). The van der Waals surface area contributed by atoms with Crippen molar-refractivity contribution in [3.05, 3.63) is 97.1 Å². The lowest BCUT2D eigenvalue weighted by Gasteiger charge is -2.40. The summed E-state index contributed by atoms with van der Waals surface area (Å²) in [6, 6.07) is 34.1. The number of benzene rings is 4. The van der Waals surface area contributed by atoms with Gasteiger partial charge in [0.1, 0.15) is 11.5 Å². The quantitative estimate of drug-likeness (QED) is 0.423. The average Bonchev–Trinajstić information content (AvgIpc) is 2.76. The summed E-state index contributed by atoms with van der Waals surface area (Å²) in [6.45, 7) is 0.0596. The second kappa shape index (κ2) is 6.21. The minimum atomic E-state index is 0.0596. The molecule has 0 aliphatic carbocycles. The van der Waals surface area contributed by atoms with Gasteiger partial charge in [-0.15, -0.1) is 0 Å². The number of hydrogen-bond acceptors (Lipinski definition) is 3. The molecule has 4 aromatic rings. The molecule has 2 nitrogen and oxygen atoms in total. The van der Waals surface area contributed by atoms with Gasteiger partial charge in [0.05, 0.1) is 0 Å². The summed E-state index contributed by atoms with van der Waals surface area (Å²) >= 11 is 1.84. The third-order valence-corrected chi connectivity index (χ3v) is 6.51. The van der Waals surface area contributed by atoms with Crippen LogP contribution in [0.15, 0.2) is 107 Å². The highest BCUT2D eigenvalue weighted by Crippen LogP contribution is 2.48. The first-order valence-corrected chi connectivity index (χ1v) is 10.2. The normalized spacial score (nSPS) is 13.7. The van der Waals surface area contributed by atoms with Crippen LogP contribution in [0.4, 0.5) is 11.4 Å². The summed E-state index contributed by atoms with van der Waals surface area (Å²) in [7, 11) is 0. The summed E-state index contributed by atoms with van der Waals surface area (Å²) in [4.78, 5) is 5.03. The molecule has 0 amide bonds. The molecule has 0 fully saturated rings. The van der Waals surface area contributed by atoms with Gasteiger partial charge in [0.15, 0.2) is 0 Å². The Bertz CT molecular complexity index is 1020. The number of ether oxygens (including phenoxy) is 1. The fourth-order valence-corrected chi connectivity index (χ4v) is 5.25. The van der Waals surface area contributed by atoms with Crippen molar-refractivity contribution in [2.45, 2.75) is 9.79 Å². The Kier molecular flexibility index (Phi) is 3.53. The van der Waals surface area contributed by atoms with Crippen LogP contribution in [0.2, 0.25) is 0 Å². The van der Waals surface area contributed by atoms with Crippen molar-refractivity contribution < 1.29 is 4.74 Å². The maximum Gasteiger partial charge on any atom is 0.335 e. The van der Waals surface area contributed by atoms with Crippen LogP contribution in [0, 0.1) is 0 Å². The van der Waals surface area contributed by atoms with E-state index in [0.29, 0.717) is 0 Å². The molecular formula is C24H16BNOS. The predicted molar refractivity (Wildman–Crippen MR) is 117 cm³/mol. The van der Waals surface area contributed by atoms with Crippen LogP contribution in [0.1, 0.15) is 0 Å². The first-order valence-electron chi connectivity index (χ1n) is 9.41. The molecule has 0 spiro atoms. The van der Waals surface area contributed by atoms with Crippen molar-refractivity contribution in [2.24, 2.45) is 0 Å². The molecule has 4 aromatic carbocycles. The molecule has 28 heavy (non-hydrogen) atoms. The van der Waals surface area contributed by atoms with Crippen LogP contribution in [-0.2, 0) is 0 Å². The van der Waals surface area contributed by atoms with Crippen molar-refractivity contribution in [1.82, 2.24) is 0 Å². The molecule has 0 bridgehead atoms. The molecule has 4 heteroatoms. The van der Waals surface area contributed by atoms with E-state index in [4.69, 9.17) is 4.74 Å². The van der Waals surface area contributed by atoms with E-state index in [9.17, 15) is 0 Å². The third-order valence-electron chi connectivity index (χ3n) is 5.37. The number of fused-ring (bicyclic) bond motifs is 4. The van der Waals surface area contributed by atoms with Gasteiger partial charge in [-0.05, 0) is 47.3 Å². The SMILES string of the molecule is c1ccc2c(c1)Oc1ccccc1B2N1c2ccccc2Sc2ccccc21. The molecule has 2 heterocycles. The molecule has 132 valence electrons. The number of anilines is 2. The standard InChI is InChI=1S/C24H16BNOS/c1-5-13-21-17(9-1)25(18-10-2-6-14-22(18)27-21)26-19-11-3-7-15-23(19)28-24-16-8-4-12-20(24)26/h1-16H. The zero-order valence-corrected chi connectivity index (χ0v) is 15.9. The van der Waals surface area contributed by atoms with E-state index in [-0.39, 0.29) is 6.85 Å². The summed E-state index contributed by atoms with van der Waals surface area (Å²) in [6.07, 6.45) is 0. The number of hydrogen-bond donors (Lipinski definition) is 0. The van der Waals surface area contributed by atoms with Crippen LogP contribution in [0.5, 0.6) is 11.5 Å². The van der Waals surface area contributed by atoms with Gasteiger partial charge in [-0.2, -0.15) is 0 Å². The molecule has 0 N–H and O–H groups in total. The van der Waals surface area contributed by atoms with Gasteiger partial charge >= 0.3 is 6.85 Å². The van der Waals surface area contributed by atoms with Gasteiger partial charge in [0.2, 0.25) is 0 Å². The Labute approximate surface area is 168 Å². The topological polar surface area (TPSA) is 12.5 Å². The van der Waals surface area contributed by atoms with Gasteiger partial charge in [-0.3, -0.25) is 0 Å². The minimum Gasteiger partial charge on any atom is -0.458 e. The highest BCUT2D eigenvalue weighted by molar-refractivity contribution is 7.99. The zero-order valence-electron chi connectivity index (χ0n) is 15.1. The summed E-state index contributed by atoms with van der Waals surface area (Å²) < 4.78 is 6.24. The highest BCUT2D eigenvalue weighted by atomic mass is 32.2. The van der Waals surface area contributed by atoms with E-state index in [0.717, 1.165) is 11.5 Å². The summed E-state index contributed by atoms with van der Waals surface area (Å²) in [5, 5.41) is 0. The number of rotatable bonds is 1. The molecule has 0 saturated carbocycles. The molecule has 0 unspecified atom stereocenters. The third kappa shape index (κ3) is 2.31. The largest absolute Gasteiger partial charge is 0.458 e. The van der Waals surface area contributed by atoms with Crippen molar-refractivity contribution in [2.75, 3.05) is 4.81 Å².